The van der Waals surface area contributed by atoms with Gasteiger partial charge in [-0.05, 0) is 61.2 Å². The smallest absolute Gasteiger partial charge is 0.216 e. The Morgan fingerprint density at radius 3 is 2.50 bits per heavy atom. The van der Waals surface area contributed by atoms with Gasteiger partial charge in [-0.25, -0.2) is 4.57 Å². The zero-order valence-corrected chi connectivity index (χ0v) is 19.5. The third kappa shape index (κ3) is 2.42. The standard InChI is InChI=1S/C29H27N2O/c1-16-9-10-19-22-13-21-20-8-7-11-30-28(20)29(4,5)23(21)14-25(22)32-27(19)26(16)24-12-17(2)18(3)15-31(24)6/h7-15H,1-6H3/q+1. The van der Waals surface area contributed by atoms with Crippen molar-refractivity contribution in [1.82, 2.24) is 4.98 Å². The Bertz CT molecular complexity index is 1590. The molecule has 32 heavy (non-hydrogen) atoms. The van der Waals surface area contributed by atoms with E-state index in [1.165, 1.54) is 50.0 Å². The molecular formula is C29H27N2O+. The minimum atomic E-state index is -0.141. The predicted octanol–water partition coefficient (Wildman–Crippen LogP) is 6.70. The molecule has 158 valence electrons. The summed E-state index contributed by atoms with van der Waals surface area (Å²) in [5.74, 6) is 0. The van der Waals surface area contributed by atoms with Gasteiger partial charge in [-0.3, -0.25) is 4.98 Å². The quantitative estimate of drug-likeness (QED) is 0.283. The van der Waals surface area contributed by atoms with E-state index in [9.17, 15) is 0 Å². The molecule has 0 unspecified atom stereocenters. The maximum atomic E-state index is 6.63. The Morgan fingerprint density at radius 1 is 0.875 bits per heavy atom. The summed E-state index contributed by atoms with van der Waals surface area (Å²) in [4.78, 5) is 4.72. The van der Waals surface area contributed by atoms with E-state index >= 15 is 0 Å². The molecule has 0 N–H and O–H groups in total. The first-order valence-electron chi connectivity index (χ1n) is 11.2. The Kier molecular flexibility index (Phi) is 3.78. The Hall–Kier alpha value is -3.46. The molecule has 5 aromatic rings. The summed E-state index contributed by atoms with van der Waals surface area (Å²) < 4.78 is 8.84. The van der Waals surface area contributed by atoms with Gasteiger partial charge in [0.15, 0.2) is 6.20 Å². The average Bonchev–Trinajstić information content (AvgIpc) is 3.23. The number of pyridine rings is 2. The Balaban J connectivity index is 1.70. The zero-order valence-electron chi connectivity index (χ0n) is 19.5. The molecule has 3 nitrogen and oxygen atoms in total. The van der Waals surface area contributed by atoms with Crippen molar-refractivity contribution in [3.05, 3.63) is 82.8 Å². The van der Waals surface area contributed by atoms with Crippen LogP contribution < -0.4 is 4.57 Å². The summed E-state index contributed by atoms with van der Waals surface area (Å²) in [6.07, 6.45) is 4.09. The van der Waals surface area contributed by atoms with Crippen molar-refractivity contribution in [2.75, 3.05) is 0 Å². The highest BCUT2D eigenvalue weighted by Crippen LogP contribution is 2.50. The molecular weight excluding hydrogens is 392 g/mol. The van der Waals surface area contributed by atoms with Crippen LogP contribution in [0.2, 0.25) is 0 Å². The van der Waals surface area contributed by atoms with Crippen molar-refractivity contribution in [3.8, 4) is 22.4 Å². The van der Waals surface area contributed by atoms with Gasteiger partial charge in [0, 0.05) is 39.6 Å². The topological polar surface area (TPSA) is 29.9 Å². The minimum absolute atomic E-state index is 0.141. The van der Waals surface area contributed by atoms with Crippen LogP contribution in [0.3, 0.4) is 0 Å². The molecule has 6 rings (SSSR count). The third-order valence-electron chi connectivity index (χ3n) is 7.35. The third-order valence-corrected chi connectivity index (χ3v) is 7.35. The summed E-state index contributed by atoms with van der Waals surface area (Å²) in [5.41, 5.74) is 12.8. The van der Waals surface area contributed by atoms with Crippen LogP contribution in [-0.2, 0) is 12.5 Å². The number of aromatic nitrogens is 2. The molecule has 0 fully saturated rings. The van der Waals surface area contributed by atoms with E-state index in [0.29, 0.717) is 0 Å². The fourth-order valence-corrected chi connectivity index (χ4v) is 5.42. The number of nitrogens with zero attached hydrogens (tertiary/aromatic N) is 2. The monoisotopic (exact) mass is 419 g/mol. The minimum Gasteiger partial charge on any atom is -0.455 e. The molecule has 0 spiro atoms. The number of fused-ring (bicyclic) bond motifs is 6. The summed E-state index contributed by atoms with van der Waals surface area (Å²) in [5, 5.41) is 2.33. The SMILES string of the molecule is Cc1cc(-c2c(C)ccc3c2oc2cc4c(cc23)-c2cccnc2C4(C)C)[n+](C)cc1C. The van der Waals surface area contributed by atoms with Crippen molar-refractivity contribution >= 4 is 21.9 Å². The molecule has 0 saturated carbocycles. The van der Waals surface area contributed by atoms with Crippen molar-refractivity contribution in [2.24, 2.45) is 7.05 Å². The van der Waals surface area contributed by atoms with E-state index < -0.39 is 0 Å². The van der Waals surface area contributed by atoms with Gasteiger partial charge >= 0.3 is 0 Å². The lowest BCUT2D eigenvalue weighted by molar-refractivity contribution is -0.660. The number of rotatable bonds is 1. The molecule has 3 heterocycles. The Morgan fingerprint density at radius 2 is 1.69 bits per heavy atom. The highest BCUT2D eigenvalue weighted by molar-refractivity contribution is 6.11. The largest absolute Gasteiger partial charge is 0.455 e. The second kappa shape index (κ2) is 6.29. The van der Waals surface area contributed by atoms with Gasteiger partial charge in [0.2, 0.25) is 5.69 Å². The fraction of sp³-hybridized carbons (Fsp3) is 0.241. The van der Waals surface area contributed by atoms with Gasteiger partial charge in [-0.15, -0.1) is 0 Å². The number of furan rings is 1. The first-order valence-corrected chi connectivity index (χ1v) is 11.2. The lowest BCUT2D eigenvalue weighted by Crippen LogP contribution is -2.31. The first kappa shape index (κ1) is 19.2. The van der Waals surface area contributed by atoms with E-state index in [0.717, 1.165) is 22.2 Å². The van der Waals surface area contributed by atoms with Gasteiger partial charge in [0.05, 0.1) is 11.3 Å². The van der Waals surface area contributed by atoms with Crippen LogP contribution in [0.15, 0.2) is 59.3 Å². The molecule has 1 aliphatic rings. The summed E-state index contributed by atoms with van der Waals surface area (Å²) in [6, 6.07) is 15.5. The van der Waals surface area contributed by atoms with Gasteiger partial charge in [0.1, 0.15) is 18.2 Å². The van der Waals surface area contributed by atoms with Crippen LogP contribution in [0, 0.1) is 20.8 Å². The van der Waals surface area contributed by atoms with Crippen LogP contribution in [0.25, 0.3) is 44.3 Å². The fourth-order valence-electron chi connectivity index (χ4n) is 5.42. The zero-order chi connectivity index (χ0) is 22.4. The van der Waals surface area contributed by atoms with E-state index in [2.05, 4.69) is 88.8 Å². The number of hydrogen-bond acceptors (Lipinski definition) is 2. The normalized spacial score (nSPS) is 14.2. The molecule has 0 amide bonds. The summed E-state index contributed by atoms with van der Waals surface area (Å²) in [7, 11) is 2.11. The molecule has 3 aromatic heterocycles. The van der Waals surface area contributed by atoms with Crippen LogP contribution in [0.5, 0.6) is 0 Å². The molecule has 0 bridgehead atoms. The van der Waals surface area contributed by atoms with Crippen LogP contribution in [0.4, 0.5) is 0 Å². The van der Waals surface area contributed by atoms with Crippen LogP contribution in [0.1, 0.15) is 41.8 Å². The molecule has 2 aromatic carbocycles. The molecule has 1 aliphatic carbocycles. The second-order valence-corrected chi connectivity index (χ2v) is 9.79. The molecule has 3 heteroatoms. The first-order chi connectivity index (χ1) is 15.3. The lowest BCUT2D eigenvalue weighted by Gasteiger charge is -2.19. The van der Waals surface area contributed by atoms with E-state index in [-0.39, 0.29) is 5.41 Å². The van der Waals surface area contributed by atoms with Gasteiger partial charge in [0.25, 0.3) is 0 Å². The highest BCUT2D eigenvalue weighted by atomic mass is 16.3. The maximum Gasteiger partial charge on any atom is 0.216 e. The van der Waals surface area contributed by atoms with E-state index in [1.54, 1.807) is 0 Å². The lowest BCUT2D eigenvalue weighted by atomic mass is 9.85. The number of aryl methyl sites for hydroxylation is 4. The number of hydrogen-bond donors (Lipinski definition) is 0. The van der Waals surface area contributed by atoms with Crippen molar-refractivity contribution < 1.29 is 8.98 Å². The molecule has 0 radical (unpaired) electrons. The van der Waals surface area contributed by atoms with Crippen molar-refractivity contribution in [1.29, 1.82) is 0 Å². The summed E-state index contributed by atoms with van der Waals surface area (Å²) in [6.45, 7) is 11.0. The van der Waals surface area contributed by atoms with E-state index in [4.69, 9.17) is 9.40 Å². The Labute approximate surface area is 188 Å². The van der Waals surface area contributed by atoms with Crippen LogP contribution >= 0.6 is 0 Å². The second-order valence-electron chi connectivity index (χ2n) is 9.79. The number of benzene rings is 2. The maximum absolute atomic E-state index is 6.63. The van der Waals surface area contributed by atoms with Gasteiger partial charge in [-0.2, -0.15) is 0 Å². The molecule has 0 atom stereocenters. The molecule has 0 saturated heterocycles. The predicted molar refractivity (Wildman–Crippen MR) is 130 cm³/mol. The van der Waals surface area contributed by atoms with Gasteiger partial charge < -0.3 is 4.42 Å². The van der Waals surface area contributed by atoms with E-state index in [1.807, 2.05) is 12.3 Å². The summed E-state index contributed by atoms with van der Waals surface area (Å²) >= 11 is 0. The van der Waals surface area contributed by atoms with Crippen LogP contribution in [-0.4, -0.2) is 4.98 Å². The molecule has 0 aliphatic heterocycles. The average molecular weight is 420 g/mol. The van der Waals surface area contributed by atoms with Crippen molar-refractivity contribution in [3.63, 3.8) is 0 Å². The van der Waals surface area contributed by atoms with Gasteiger partial charge in [-0.1, -0.05) is 32.0 Å². The highest BCUT2D eigenvalue weighted by Gasteiger charge is 2.37. The van der Waals surface area contributed by atoms with Crippen molar-refractivity contribution in [2.45, 2.75) is 40.0 Å².